The maximum absolute atomic E-state index is 10.7. The predicted molar refractivity (Wildman–Crippen MR) is 81.3 cm³/mol. The van der Waals surface area contributed by atoms with Gasteiger partial charge in [0.25, 0.3) is 0 Å². The van der Waals surface area contributed by atoms with Crippen LogP contribution in [0, 0.1) is 0 Å². The van der Waals surface area contributed by atoms with Gasteiger partial charge in [-0.05, 0) is 29.2 Å². The van der Waals surface area contributed by atoms with Crippen LogP contribution in [-0.2, 0) is 5.75 Å². The van der Waals surface area contributed by atoms with Crippen LogP contribution in [0.25, 0.3) is 0 Å². The smallest absolute Gasteiger partial charge is 0.337 e. The summed E-state index contributed by atoms with van der Waals surface area (Å²) in [6.45, 7) is 4.36. The van der Waals surface area contributed by atoms with Crippen molar-refractivity contribution >= 4 is 17.7 Å². The van der Waals surface area contributed by atoms with E-state index in [-0.39, 0.29) is 5.56 Å². The first kappa shape index (κ1) is 14.6. The summed E-state index contributed by atoms with van der Waals surface area (Å²) < 4.78 is 0. The van der Waals surface area contributed by atoms with E-state index in [1.807, 2.05) is 0 Å². The van der Waals surface area contributed by atoms with Crippen LogP contribution in [0.4, 0.5) is 0 Å². The molecule has 0 saturated carbocycles. The van der Waals surface area contributed by atoms with Gasteiger partial charge in [-0.25, -0.2) is 9.78 Å². The van der Waals surface area contributed by atoms with Crippen molar-refractivity contribution in [1.82, 2.24) is 4.98 Å². The summed E-state index contributed by atoms with van der Waals surface area (Å²) in [6, 6.07) is 11.9. The van der Waals surface area contributed by atoms with Crippen LogP contribution >= 0.6 is 11.8 Å². The summed E-state index contributed by atoms with van der Waals surface area (Å²) in [4.78, 5) is 14.9. The third-order valence-corrected chi connectivity index (χ3v) is 4.03. The zero-order valence-electron chi connectivity index (χ0n) is 11.5. The normalized spacial score (nSPS) is 10.8. The summed E-state index contributed by atoms with van der Waals surface area (Å²) in [6.07, 6.45) is 1.40. The van der Waals surface area contributed by atoms with Crippen molar-refractivity contribution in [1.29, 1.82) is 0 Å². The average Bonchev–Trinajstić information content (AvgIpc) is 2.46. The molecule has 0 aliphatic carbocycles. The Bertz CT molecular complexity index is 576. The maximum atomic E-state index is 10.7. The number of aromatic carboxylic acids is 1. The minimum Gasteiger partial charge on any atom is -0.478 e. The average molecular weight is 287 g/mol. The number of pyridine rings is 1. The number of hydrogen-bond acceptors (Lipinski definition) is 3. The van der Waals surface area contributed by atoms with E-state index in [4.69, 9.17) is 5.11 Å². The molecule has 0 unspecified atom stereocenters. The third-order valence-electron chi connectivity index (χ3n) is 3.02. The highest BCUT2D eigenvalue weighted by molar-refractivity contribution is 7.98. The molecule has 1 aromatic carbocycles. The summed E-state index contributed by atoms with van der Waals surface area (Å²) >= 11 is 1.60. The molecule has 3 nitrogen and oxygen atoms in total. The molecule has 0 atom stereocenters. The molecule has 0 amide bonds. The molecule has 0 bridgehead atoms. The van der Waals surface area contributed by atoms with Crippen LogP contribution in [0.15, 0.2) is 47.6 Å². The van der Waals surface area contributed by atoms with Crippen LogP contribution in [0.2, 0.25) is 0 Å². The minimum absolute atomic E-state index is 0.218. The van der Waals surface area contributed by atoms with Gasteiger partial charge in [-0.3, -0.25) is 0 Å². The summed E-state index contributed by atoms with van der Waals surface area (Å²) in [5, 5.41) is 9.64. The first-order chi connectivity index (χ1) is 9.56. The SMILES string of the molecule is CC(C)c1ccc(CSc2ccc(C(=O)O)cn2)cc1. The summed E-state index contributed by atoms with van der Waals surface area (Å²) in [7, 11) is 0. The molecule has 1 aromatic heterocycles. The molecule has 0 aliphatic heterocycles. The minimum atomic E-state index is -0.946. The molecule has 4 heteroatoms. The molecule has 0 aliphatic rings. The largest absolute Gasteiger partial charge is 0.478 e. The van der Waals surface area contributed by atoms with E-state index in [0.717, 1.165) is 10.8 Å². The lowest BCUT2D eigenvalue weighted by molar-refractivity contribution is 0.0696. The number of carbonyl (C=O) groups is 1. The second kappa shape index (κ2) is 6.57. The van der Waals surface area contributed by atoms with Gasteiger partial charge < -0.3 is 5.11 Å². The molecule has 0 radical (unpaired) electrons. The molecule has 1 heterocycles. The van der Waals surface area contributed by atoms with E-state index < -0.39 is 5.97 Å². The van der Waals surface area contributed by atoms with Crippen molar-refractivity contribution in [3.8, 4) is 0 Å². The zero-order valence-corrected chi connectivity index (χ0v) is 12.4. The molecule has 1 N–H and O–H groups in total. The fraction of sp³-hybridized carbons (Fsp3) is 0.250. The number of carboxylic acid groups (broad SMARTS) is 1. The van der Waals surface area contributed by atoms with Crippen LogP contribution in [-0.4, -0.2) is 16.1 Å². The molecule has 0 saturated heterocycles. The molecule has 0 fully saturated rings. The van der Waals surface area contributed by atoms with Crippen LogP contribution in [0.3, 0.4) is 0 Å². The highest BCUT2D eigenvalue weighted by Gasteiger charge is 2.04. The van der Waals surface area contributed by atoms with Crippen LogP contribution < -0.4 is 0 Å². The molecular formula is C16H17NO2S. The zero-order chi connectivity index (χ0) is 14.5. The van der Waals surface area contributed by atoms with Crippen molar-refractivity contribution < 1.29 is 9.90 Å². The van der Waals surface area contributed by atoms with Gasteiger partial charge in [0.05, 0.1) is 10.6 Å². The van der Waals surface area contributed by atoms with Crippen molar-refractivity contribution in [3.63, 3.8) is 0 Å². The number of thioether (sulfide) groups is 1. The first-order valence-corrected chi connectivity index (χ1v) is 7.46. The van der Waals surface area contributed by atoms with Gasteiger partial charge in [-0.15, -0.1) is 11.8 Å². The Morgan fingerprint density at radius 1 is 1.20 bits per heavy atom. The van der Waals surface area contributed by atoms with Gasteiger partial charge >= 0.3 is 5.97 Å². The Hall–Kier alpha value is -1.81. The van der Waals surface area contributed by atoms with E-state index in [2.05, 4.69) is 43.1 Å². The topological polar surface area (TPSA) is 50.2 Å². The molecule has 20 heavy (non-hydrogen) atoms. The molecule has 2 rings (SSSR count). The number of aromatic nitrogens is 1. The predicted octanol–water partition coefficient (Wildman–Crippen LogP) is 4.20. The maximum Gasteiger partial charge on any atom is 0.337 e. The second-order valence-electron chi connectivity index (χ2n) is 4.88. The Labute approximate surface area is 123 Å². The monoisotopic (exact) mass is 287 g/mol. The van der Waals surface area contributed by atoms with E-state index in [0.29, 0.717) is 5.92 Å². The molecule has 104 valence electrons. The lowest BCUT2D eigenvalue weighted by Gasteiger charge is -2.06. The summed E-state index contributed by atoms with van der Waals surface area (Å²) in [5.41, 5.74) is 2.79. The quantitative estimate of drug-likeness (QED) is 0.837. The van der Waals surface area contributed by atoms with Gasteiger partial charge in [-0.1, -0.05) is 38.1 Å². The van der Waals surface area contributed by atoms with Crippen molar-refractivity contribution in [2.75, 3.05) is 0 Å². The third kappa shape index (κ3) is 3.84. The van der Waals surface area contributed by atoms with Gasteiger partial charge in [0.2, 0.25) is 0 Å². The lowest BCUT2D eigenvalue weighted by Crippen LogP contribution is -1.96. The Morgan fingerprint density at radius 2 is 1.90 bits per heavy atom. The Kier molecular flexibility index (Phi) is 4.79. The van der Waals surface area contributed by atoms with Crippen molar-refractivity contribution in [2.45, 2.75) is 30.5 Å². The van der Waals surface area contributed by atoms with Gasteiger partial charge in [0.1, 0.15) is 0 Å². The van der Waals surface area contributed by atoms with Crippen molar-refractivity contribution in [3.05, 3.63) is 59.3 Å². The van der Waals surface area contributed by atoms with E-state index in [9.17, 15) is 4.79 Å². The van der Waals surface area contributed by atoms with Crippen LogP contribution in [0.1, 0.15) is 41.3 Å². The fourth-order valence-electron chi connectivity index (χ4n) is 1.75. The van der Waals surface area contributed by atoms with E-state index in [1.54, 1.807) is 23.9 Å². The fourth-order valence-corrected chi connectivity index (χ4v) is 2.55. The molecule has 2 aromatic rings. The van der Waals surface area contributed by atoms with E-state index >= 15 is 0 Å². The molecule has 0 spiro atoms. The van der Waals surface area contributed by atoms with Gasteiger partial charge in [0, 0.05) is 11.9 Å². The lowest BCUT2D eigenvalue weighted by atomic mass is 10.0. The van der Waals surface area contributed by atoms with Crippen molar-refractivity contribution in [2.24, 2.45) is 0 Å². The highest BCUT2D eigenvalue weighted by Crippen LogP contribution is 2.22. The summed E-state index contributed by atoms with van der Waals surface area (Å²) in [5.74, 6) is 0.429. The highest BCUT2D eigenvalue weighted by atomic mass is 32.2. The van der Waals surface area contributed by atoms with Gasteiger partial charge in [-0.2, -0.15) is 0 Å². The first-order valence-electron chi connectivity index (χ1n) is 6.47. The molecular weight excluding hydrogens is 270 g/mol. The number of rotatable bonds is 5. The number of carboxylic acids is 1. The second-order valence-corrected chi connectivity index (χ2v) is 5.87. The van der Waals surface area contributed by atoms with E-state index in [1.165, 1.54) is 17.3 Å². The standard InChI is InChI=1S/C16H17NO2S/c1-11(2)13-5-3-12(4-6-13)10-20-15-8-7-14(9-17-15)16(18)19/h3-9,11H,10H2,1-2H3,(H,18,19). The number of benzene rings is 1. The Balaban J connectivity index is 1.96. The number of hydrogen-bond donors (Lipinski definition) is 1. The number of nitrogens with zero attached hydrogens (tertiary/aromatic N) is 1. The Morgan fingerprint density at radius 3 is 2.40 bits per heavy atom. The van der Waals surface area contributed by atoms with Crippen LogP contribution in [0.5, 0.6) is 0 Å². The van der Waals surface area contributed by atoms with Gasteiger partial charge in [0.15, 0.2) is 0 Å².